The molecule has 0 aliphatic carbocycles. The van der Waals surface area contributed by atoms with Gasteiger partial charge in [-0.05, 0) is 31.0 Å². The summed E-state index contributed by atoms with van der Waals surface area (Å²) in [5.41, 5.74) is 1.18. The second-order valence-electron chi connectivity index (χ2n) is 5.15. The predicted molar refractivity (Wildman–Crippen MR) is 86.3 cm³/mol. The van der Waals surface area contributed by atoms with Gasteiger partial charge in [0.1, 0.15) is 6.04 Å². The standard InChI is InChI=1S/C14H21ClN2O3S/c1-6-12(14(18)16(3)4)17(21(5,19)20)13-9-11(15)8-7-10(13)2/h7-9,12H,6H2,1-5H3. The van der Waals surface area contributed by atoms with Crippen LogP contribution in [-0.2, 0) is 14.8 Å². The maximum Gasteiger partial charge on any atom is 0.245 e. The zero-order chi connectivity index (χ0) is 16.4. The van der Waals surface area contributed by atoms with Crippen LogP contribution in [0.2, 0.25) is 5.02 Å². The molecule has 1 atom stereocenters. The van der Waals surface area contributed by atoms with Crippen molar-refractivity contribution < 1.29 is 13.2 Å². The smallest absolute Gasteiger partial charge is 0.245 e. The van der Waals surface area contributed by atoms with Crippen LogP contribution >= 0.6 is 11.6 Å². The maximum absolute atomic E-state index is 12.3. The first-order chi connectivity index (χ1) is 9.59. The molecule has 1 unspecified atom stereocenters. The molecule has 1 aromatic rings. The Hall–Kier alpha value is -1.27. The molecule has 0 bridgehead atoms. The van der Waals surface area contributed by atoms with Crippen LogP contribution in [0.1, 0.15) is 18.9 Å². The average Bonchev–Trinajstić information content (AvgIpc) is 2.36. The summed E-state index contributed by atoms with van der Waals surface area (Å²) in [6.45, 7) is 3.57. The van der Waals surface area contributed by atoms with Gasteiger partial charge in [-0.1, -0.05) is 24.6 Å². The van der Waals surface area contributed by atoms with E-state index in [9.17, 15) is 13.2 Å². The fourth-order valence-electron chi connectivity index (χ4n) is 2.14. The van der Waals surface area contributed by atoms with Gasteiger partial charge in [0, 0.05) is 19.1 Å². The van der Waals surface area contributed by atoms with Crippen molar-refractivity contribution in [2.24, 2.45) is 0 Å². The minimum atomic E-state index is -3.62. The van der Waals surface area contributed by atoms with Gasteiger partial charge >= 0.3 is 0 Å². The third kappa shape index (κ3) is 4.11. The molecular formula is C14H21ClN2O3S. The van der Waals surface area contributed by atoms with Gasteiger partial charge < -0.3 is 4.90 Å². The molecule has 0 aliphatic rings. The number of rotatable bonds is 5. The van der Waals surface area contributed by atoms with Gasteiger partial charge in [0.15, 0.2) is 0 Å². The molecule has 0 spiro atoms. The van der Waals surface area contributed by atoms with Crippen LogP contribution in [0.15, 0.2) is 18.2 Å². The molecule has 0 N–H and O–H groups in total. The van der Waals surface area contributed by atoms with Gasteiger partial charge in [0.2, 0.25) is 15.9 Å². The zero-order valence-electron chi connectivity index (χ0n) is 12.9. The van der Waals surface area contributed by atoms with Crippen LogP contribution in [0.4, 0.5) is 5.69 Å². The molecule has 0 aromatic heterocycles. The van der Waals surface area contributed by atoms with Crippen molar-refractivity contribution in [3.63, 3.8) is 0 Å². The Labute approximate surface area is 131 Å². The van der Waals surface area contributed by atoms with Crippen LogP contribution in [0, 0.1) is 6.92 Å². The Bertz CT molecular complexity index is 629. The number of likely N-dealkylation sites (N-methyl/N-ethyl adjacent to an activating group) is 1. The Morgan fingerprint density at radius 3 is 2.33 bits per heavy atom. The van der Waals surface area contributed by atoms with Gasteiger partial charge in [0.05, 0.1) is 11.9 Å². The van der Waals surface area contributed by atoms with Gasteiger partial charge in [-0.25, -0.2) is 8.42 Å². The molecule has 0 heterocycles. The summed E-state index contributed by atoms with van der Waals surface area (Å²) < 4.78 is 25.6. The number of aryl methyl sites for hydroxylation is 1. The highest BCUT2D eigenvalue weighted by atomic mass is 35.5. The van der Waals surface area contributed by atoms with Gasteiger partial charge in [-0.3, -0.25) is 9.10 Å². The maximum atomic E-state index is 12.3. The molecule has 0 radical (unpaired) electrons. The molecule has 0 aliphatic heterocycles. The number of halogens is 1. The molecule has 1 rings (SSSR count). The van der Waals surface area contributed by atoms with E-state index in [4.69, 9.17) is 11.6 Å². The van der Waals surface area contributed by atoms with Crippen molar-refractivity contribution in [3.8, 4) is 0 Å². The molecule has 1 aromatic carbocycles. The van der Waals surface area contributed by atoms with Crippen molar-refractivity contribution >= 4 is 33.2 Å². The number of hydrogen-bond donors (Lipinski definition) is 0. The number of sulfonamides is 1. The van der Waals surface area contributed by atoms with E-state index < -0.39 is 16.1 Å². The quantitative estimate of drug-likeness (QED) is 0.831. The molecule has 0 saturated heterocycles. The van der Waals surface area contributed by atoms with E-state index in [1.165, 1.54) is 4.90 Å². The molecule has 7 heteroatoms. The van der Waals surface area contributed by atoms with Crippen LogP contribution in [0.5, 0.6) is 0 Å². The van der Waals surface area contributed by atoms with E-state index in [0.717, 1.165) is 16.1 Å². The third-order valence-electron chi connectivity index (χ3n) is 3.16. The van der Waals surface area contributed by atoms with E-state index in [2.05, 4.69) is 0 Å². The van der Waals surface area contributed by atoms with Crippen molar-refractivity contribution in [2.75, 3.05) is 24.7 Å². The Kier molecular flexibility index (Phi) is 5.64. The van der Waals surface area contributed by atoms with E-state index >= 15 is 0 Å². The second kappa shape index (κ2) is 6.66. The molecule has 0 saturated carbocycles. The van der Waals surface area contributed by atoms with Crippen molar-refractivity contribution in [1.29, 1.82) is 0 Å². The number of carbonyl (C=O) groups is 1. The molecule has 5 nitrogen and oxygen atoms in total. The van der Waals surface area contributed by atoms with Crippen LogP contribution < -0.4 is 4.31 Å². The summed E-state index contributed by atoms with van der Waals surface area (Å²) in [5, 5.41) is 0.427. The van der Waals surface area contributed by atoms with Crippen molar-refractivity contribution in [2.45, 2.75) is 26.3 Å². The highest BCUT2D eigenvalue weighted by Crippen LogP contribution is 2.29. The van der Waals surface area contributed by atoms with Gasteiger partial charge in [-0.15, -0.1) is 0 Å². The molecule has 0 fully saturated rings. The lowest BCUT2D eigenvalue weighted by Crippen LogP contribution is -2.49. The van der Waals surface area contributed by atoms with E-state index in [1.807, 2.05) is 0 Å². The number of benzene rings is 1. The summed E-state index contributed by atoms with van der Waals surface area (Å²) in [4.78, 5) is 13.7. The van der Waals surface area contributed by atoms with Crippen LogP contribution in [0.25, 0.3) is 0 Å². The first-order valence-corrected chi connectivity index (χ1v) is 8.79. The zero-order valence-corrected chi connectivity index (χ0v) is 14.5. The summed E-state index contributed by atoms with van der Waals surface area (Å²) >= 11 is 5.98. The van der Waals surface area contributed by atoms with Gasteiger partial charge in [0.25, 0.3) is 0 Å². The Balaban J connectivity index is 3.49. The minimum absolute atomic E-state index is 0.262. The highest BCUT2D eigenvalue weighted by molar-refractivity contribution is 7.92. The summed E-state index contributed by atoms with van der Waals surface area (Å²) in [7, 11) is -0.405. The van der Waals surface area contributed by atoms with E-state index in [-0.39, 0.29) is 5.91 Å². The van der Waals surface area contributed by atoms with Crippen molar-refractivity contribution in [3.05, 3.63) is 28.8 Å². The van der Waals surface area contributed by atoms with E-state index in [0.29, 0.717) is 17.1 Å². The molecule has 118 valence electrons. The lowest BCUT2D eigenvalue weighted by Gasteiger charge is -2.32. The molecular weight excluding hydrogens is 312 g/mol. The first-order valence-electron chi connectivity index (χ1n) is 6.56. The monoisotopic (exact) mass is 332 g/mol. The van der Waals surface area contributed by atoms with Crippen molar-refractivity contribution in [1.82, 2.24) is 4.90 Å². The lowest BCUT2D eigenvalue weighted by atomic mass is 10.1. The van der Waals surface area contributed by atoms with Crippen LogP contribution in [0.3, 0.4) is 0 Å². The van der Waals surface area contributed by atoms with E-state index in [1.54, 1.807) is 46.1 Å². The lowest BCUT2D eigenvalue weighted by molar-refractivity contribution is -0.129. The number of nitrogens with zero attached hydrogens (tertiary/aromatic N) is 2. The number of anilines is 1. The fourth-order valence-corrected chi connectivity index (χ4v) is 3.56. The number of hydrogen-bond acceptors (Lipinski definition) is 3. The summed E-state index contributed by atoms with van der Waals surface area (Å²) in [6.07, 6.45) is 1.47. The normalized spacial score (nSPS) is 12.9. The largest absolute Gasteiger partial charge is 0.347 e. The summed E-state index contributed by atoms with van der Waals surface area (Å²) in [6, 6.07) is 4.22. The minimum Gasteiger partial charge on any atom is -0.347 e. The Morgan fingerprint density at radius 1 is 1.33 bits per heavy atom. The molecule has 21 heavy (non-hydrogen) atoms. The van der Waals surface area contributed by atoms with Gasteiger partial charge in [-0.2, -0.15) is 0 Å². The average molecular weight is 333 g/mol. The number of amides is 1. The topological polar surface area (TPSA) is 57.7 Å². The second-order valence-corrected chi connectivity index (χ2v) is 7.44. The Morgan fingerprint density at radius 2 is 1.90 bits per heavy atom. The highest BCUT2D eigenvalue weighted by Gasteiger charge is 2.33. The van der Waals surface area contributed by atoms with Crippen LogP contribution in [-0.4, -0.2) is 45.6 Å². The third-order valence-corrected chi connectivity index (χ3v) is 4.56. The SMILES string of the molecule is CCC(C(=O)N(C)C)N(c1cc(Cl)ccc1C)S(C)(=O)=O. The first kappa shape index (κ1) is 17.8. The number of carbonyl (C=O) groups excluding carboxylic acids is 1. The summed E-state index contributed by atoms with van der Waals surface area (Å²) in [5.74, 6) is -0.262. The predicted octanol–water partition coefficient (Wildman–Crippen LogP) is 2.28. The molecule has 1 amide bonds. The fraction of sp³-hybridized carbons (Fsp3) is 0.500.